The van der Waals surface area contributed by atoms with Crippen molar-refractivity contribution in [2.75, 3.05) is 11.1 Å². The molecule has 0 amide bonds. The molecule has 0 aliphatic rings. The van der Waals surface area contributed by atoms with Crippen molar-refractivity contribution >= 4 is 159 Å². The molecule has 0 N–H and O–H groups in total. The fourth-order valence-electron chi connectivity index (χ4n) is 4.54. The normalized spacial score (nSPS) is 11.1. The highest BCUT2D eigenvalue weighted by atomic mass is 35.5. The third-order valence-corrected chi connectivity index (χ3v) is 16.5. The van der Waals surface area contributed by atoms with Gasteiger partial charge in [0.05, 0.1) is 30.1 Å². The van der Waals surface area contributed by atoms with Gasteiger partial charge in [0.2, 0.25) is 0 Å². The van der Waals surface area contributed by atoms with Gasteiger partial charge < -0.3 is 0 Å². The Morgan fingerprint density at radius 1 is 0.263 bits per heavy atom. The van der Waals surface area contributed by atoms with Crippen molar-refractivity contribution < 1.29 is 0 Å². The monoisotopic (exact) mass is 978 g/mol. The SMILES string of the molecule is Clc1ccccc1SN(Sc1ccccc1Cl)c1nc(N(Sc2ccccc2Cl)Sc2ccccc2Cl)nc(N(Sc2ccccc2Cl)Sc2ccccc2Cl)n1. The molecule has 0 saturated carbocycles. The van der Waals surface area contributed by atoms with Gasteiger partial charge in [-0.05, 0) is 72.8 Å². The molecule has 0 fully saturated rings. The van der Waals surface area contributed by atoms with E-state index in [1.54, 1.807) is 0 Å². The molecule has 0 radical (unpaired) electrons. The molecule has 0 aliphatic heterocycles. The van der Waals surface area contributed by atoms with Crippen LogP contribution in [0.15, 0.2) is 175 Å². The molecule has 6 aromatic carbocycles. The maximum Gasteiger partial charge on any atom is 0.253 e. The number of hydrogen-bond acceptors (Lipinski definition) is 12. The van der Waals surface area contributed by atoms with Crippen molar-refractivity contribution in [3.63, 3.8) is 0 Å². The minimum absolute atomic E-state index is 0.277. The number of benzene rings is 6. The molecule has 57 heavy (non-hydrogen) atoms. The smallest absolute Gasteiger partial charge is 0.215 e. The molecular formula is C39H24Cl6N6S6. The third-order valence-electron chi connectivity index (χ3n) is 7.20. The lowest BCUT2D eigenvalue weighted by atomic mass is 10.4. The summed E-state index contributed by atoms with van der Waals surface area (Å²) in [4.78, 5) is 20.0. The van der Waals surface area contributed by atoms with Crippen LogP contribution in [0.3, 0.4) is 0 Å². The number of halogens is 6. The summed E-state index contributed by atoms with van der Waals surface area (Å²) in [5.74, 6) is 0.830. The molecular weight excluding hydrogens is 958 g/mol. The molecule has 0 aliphatic carbocycles. The van der Waals surface area contributed by atoms with Gasteiger partial charge in [-0.2, -0.15) is 15.0 Å². The van der Waals surface area contributed by atoms with Crippen LogP contribution >= 0.6 is 141 Å². The van der Waals surface area contributed by atoms with Crippen molar-refractivity contribution in [1.82, 2.24) is 15.0 Å². The Kier molecular flexibility index (Phi) is 15.5. The zero-order valence-electron chi connectivity index (χ0n) is 28.8. The molecule has 1 aromatic heterocycles. The van der Waals surface area contributed by atoms with E-state index in [2.05, 4.69) is 0 Å². The molecule has 0 spiro atoms. The first-order valence-electron chi connectivity index (χ1n) is 16.4. The van der Waals surface area contributed by atoms with E-state index in [1.807, 2.05) is 157 Å². The van der Waals surface area contributed by atoms with Gasteiger partial charge in [-0.25, -0.2) is 11.1 Å². The van der Waals surface area contributed by atoms with E-state index in [1.165, 1.54) is 71.7 Å². The Bertz CT molecular complexity index is 2070. The van der Waals surface area contributed by atoms with Crippen molar-refractivity contribution in [2.24, 2.45) is 0 Å². The molecule has 1 heterocycles. The lowest BCUT2D eigenvalue weighted by Gasteiger charge is -2.27. The Morgan fingerprint density at radius 3 is 0.579 bits per heavy atom. The fourth-order valence-corrected chi connectivity index (χ4v) is 11.7. The van der Waals surface area contributed by atoms with E-state index in [-0.39, 0.29) is 17.8 Å². The van der Waals surface area contributed by atoms with Gasteiger partial charge in [-0.15, -0.1) is 0 Å². The zero-order valence-corrected chi connectivity index (χ0v) is 38.2. The molecule has 0 saturated heterocycles. The summed E-state index contributed by atoms with van der Waals surface area (Å²) in [5.41, 5.74) is 0. The maximum atomic E-state index is 6.76. The first-order valence-corrected chi connectivity index (χ1v) is 23.3. The highest BCUT2D eigenvalue weighted by Crippen LogP contribution is 2.48. The zero-order chi connectivity index (χ0) is 39.7. The second-order valence-electron chi connectivity index (χ2n) is 11.1. The van der Waals surface area contributed by atoms with Gasteiger partial charge in [0.15, 0.2) is 0 Å². The third kappa shape index (κ3) is 11.4. The summed E-state index contributed by atoms with van der Waals surface area (Å²) in [6, 6.07) is 45.3. The summed E-state index contributed by atoms with van der Waals surface area (Å²) >= 11 is 48.6. The Morgan fingerprint density at radius 2 is 0.421 bits per heavy atom. The van der Waals surface area contributed by atoms with Crippen LogP contribution in [-0.4, -0.2) is 15.0 Å². The highest BCUT2D eigenvalue weighted by molar-refractivity contribution is 8.19. The summed E-state index contributed by atoms with van der Waals surface area (Å²) in [6.45, 7) is 0. The molecule has 7 aromatic rings. The van der Waals surface area contributed by atoms with Crippen molar-refractivity contribution in [3.8, 4) is 0 Å². The summed E-state index contributed by atoms with van der Waals surface area (Å²) in [7, 11) is 0. The molecule has 6 nitrogen and oxygen atoms in total. The minimum Gasteiger partial charge on any atom is -0.215 e. The number of nitrogens with zero attached hydrogens (tertiary/aromatic N) is 6. The van der Waals surface area contributed by atoms with Crippen LogP contribution < -0.4 is 11.1 Å². The van der Waals surface area contributed by atoms with Gasteiger partial charge in [-0.3, -0.25) is 0 Å². The van der Waals surface area contributed by atoms with Crippen molar-refractivity contribution in [3.05, 3.63) is 176 Å². The predicted octanol–water partition coefficient (Wildman–Crippen LogP) is 16.5. The molecule has 288 valence electrons. The first-order chi connectivity index (χ1) is 27.7. The highest BCUT2D eigenvalue weighted by Gasteiger charge is 2.27. The van der Waals surface area contributed by atoms with Crippen LogP contribution in [0, 0.1) is 0 Å². The van der Waals surface area contributed by atoms with E-state index in [0.29, 0.717) is 30.1 Å². The summed E-state index contributed by atoms with van der Waals surface area (Å²) in [5, 5.41) is 3.32. The number of rotatable bonds is 15. The molecule has 0 bridgehead atoms. The van der Waals surface area contributed by atoms with Gasteiger partial charge in [-0.1, -0.05) is 142 Å². The van der Waals surface area contributed by atoms with E-state index in [9.17, 15) is 0 Å². The van der Waals surface area contributed by atoms with Gasteiger partial charge in [0.25, 0.3) is 17.8 Å². The predicted molar refractivity (Wildman–Crippen MR) is 251 cm³/mol. The lowest BCUT2D eigenvalue weighted by molar-refractivity contribution is 1.05. The summed E-state index contributed by atoms with van der Waals surface area (Å²) < 4.78 is 5.57. The second kappa shape index (κ2) is 20.7. The molecule has 18 heteroatoms. The standard InChI is InChI=1S/C39H24Cl6N6S6/c40-25-13-1-7-19-31(25)52-49(53-32-20-8-2-14-26(32)41)37-46-38(50(54-33-21-9-3-15-27(33)42)55-34-22-10-4-16-28(34)43)48-39(47-37)51(56-35-23-11-5-17-29(35)44)57-36-24-12-6-18-30(36)45/h1-24H. The fraction of sp³-hybridized carbons (Fsp3) is 0. The number of aromatic nitrogens is 3. The molecule has 0 atom stereocenters. The van der Waals surface area contributed by atoms with Crippen LogP contribution in [0.25, 0.3) is 0 Å². The quantitative estimate of drug-likeness (QED) is 0.0920. The maximum absolute atomic E-state index is 6.76. The Hall–Kier alpha value is -2.43. The van der Waals surface area contributed by atoms with Crippen LogP contribution in [0.2, 0.25) is 30.1 Å². The van der Waals surface area contributed by atoms with Crippen LogP contribution in [0.5, 0.6) is 0 Å². The minimum atomic E-state index is 0.277. The lowest BCUT2D eigenvalue weighted by Crippen LogP contribution is -2.18. The van der Waals surface area contributed by atoms with Crippen molar-refractivity contribution in [2.45, 2.75) is 29.4 Å². The second-order valence-corrected chi connectivity index (χ2v) is 20.2. The van der Waals surface area contributed by atoms with Crippen LogP contribution in [0.4, 0.5) is 17.8 Å². The first kappa shape index (κ1) is 42.7. The Labute approximate surface area is 386 Å². The van der Waals surface area contributed by atoms with E-state index in [4.69, 9.17) is 84.6 Å². The van der Waals surface area contributed by atoms with Gasteiger partial charge in [0.1, 0.15) is 0 Å². The molecule has 7 rings (SSSR count). The average Bonchev–Trinajstić information content (AvgIpc) is 3.21. The van der Waals surface area contributed by atoms with Crippen molar-refractivity contribution in [1.29, 1.82) is 0 Å². The van der Waals surface area contributed by atoms with E-state index < -0.39 is 0 Å². The largest absolute Gasteiger partial charge is 0.253 e. The average molecular weight is 982 g/mol. The van der Waals surface area contributed by atoms with Crippen LogP contribution in [0.1, 0.15) is 0 Å². The van der Waals surface area contributed by atoms with Gasteiger partial charge >= 0.3 is 0 Å². The number of hydrogen-bond donors (Lipinski definition) is 0. The van der Waals surface area contributed by atoms with Crippen LogP contribution in [-0.2, 0) is 0 Å². The van der Waals surface area contributed by atoms with E-state index in [0.717, 1.165) is 29.4 Å². The van der Waals surface area contributed by atoms with E-state index >= 15 is 0 Å². The number of anilines is 3. The summed E-state index contributed by atoms with van der Waals surface area (Å²) in [6.07, 6.45) is 0. The van der Waals surface area contributed by atoms with Gasteiger partial charge in [0, 0.05) is 101 Å². The Balaban J connectivity index is 1.44. The molecule has 0 unspecified atom stereocenters. The topological polar surface area (TPSA) is 48.4 Å².